The van der Waals surface area contributed by atoms with Gasteiger partial charge in [0.2, 0.25) is 0 Å². The Kier molecular flexibility index (Phi) is 6.12. The van der Waals surface area contributed by atoms with Gasteiger partial charge in [0.1, 0.15) is 11.6 Å². The quantitative estimate of drug-likeness (QED) is 0.466. The second-order valence-electron chi connectivity index (χ2n) is 8.77. The molecule has 182 valence electrons. The van der Waals surface area contributed by atoms with Gasteiger partial charge in [-0.3, -0.25) is 4.99 Å². The number of hydrogen-bond acceptors (Lipinski definition) is 4. The van der Waals surface area contributed by atoms with Crippen LogP contribution in [0.15, 0.2) is 35.5 Å². The molecule has 1 saturated heterocycles. The van der Waals surface area contributed by atoms with Crippen LogP contribution < -0.4 is 10.4 Å². The van der Waals surface area contributed by atoms with E-state index in [0.29, 0.717) is 28.1 Å². The van der Waals surface area contributed by atoms with Gasteiger partial charge in [0, 0.05) is 38.4 Å². The molecule has 0 unspecified atom stereocenters. The van der Waals surface area contributed by atoms with Crippen LogP contribution in [0.5, 0.6) is 0 Å². The number of halogens is 5. The molecule has 3 aromatic rings. The second-order valence-corrected chi connectivity index (χ2v) is 8.77. The number of aryl methyl sites for hydroxylation is 2. The Labute approximate surface area is 194 Å². The van der Waals surface area contributed by atoms with Crippen molar-refractivity contribution >= 4 is 16.7 Å². The van der Waals surface area contributed by atoms with Gasteiger partial charge >= 0.3 is 6.18 Å². The molecule has 1 aliphatic heterocycles. The SMILES string of the molecule is Cc1c([C@@H](C)/N=c2\nc(C)n(C)c3cnc(N4CCC(F)(F)CC4)cc23)cccc1C(F)(F)F. The first-order chi connectivity index (χ1) is 15.9. The van der Waals surface area contributed by atoms with E-state index in [4.69, 9.17) is 4.99 Å². The molecule has 0 spiro atoms. The fourth-order valence-corrected chi connectivity index (χ4v) is 4.35. The van der Waals surface area contributed by atoms with E-state index in [1.807, 2.05) is 11.6 Å². The molecule has 2 aromatic heterocycles. The van der Waals surface area contributed by atoms with Gasteiger partial charge in [-0.2, -0.15) is 13.2 Å². The third kappa shape index (κ3) is 4.63. The third-order valence-corrected chi connectivity index (χ3v) is 6.49. The number of anilines is 1. The molecule has 3 heterocycles. The predicted molar refractivity (Wildman–Crippen MR) is 120 cm³/mol. The van der Waals surface area contributed by atoms with Crippen molar-refractivity contribution in [3.05, 3.63) is 58.5 Å². The number of aromatic nitrogens is 3. The van der Waals surface area contributed by atoms with Crippen molar-refractivity contribution in [2.24, 2.45) is 12.0 Å². The summed E-state index contributed by atoms with van der Waals surface area (Å²) in [6.07, 6.45) is -3.27. The maximum atomic E-state index is 13.6. The van der Waals surface area contributed by atoms with E-state index in [1.54, 1.807) is 37.1 Å². The molecule has 1 aromatic carbocycles. The molecule has 0 N–H and O–H groups in total. The molecule has 1 aliphatic rings. The molecule has 34 heavy (non-hydrogen) atoms. The first kappa shape index (κ1) is 24.1. The number of rotatable bonds is 3. The summed E-state index contributed by atoms with van der Waals surface area (Å²) < 4.78 is 69.2. The summed E-state index contributed by atoms with van der Waals surface area (Å²) >= 11 is 0. The maximum Gasteiger partial charge on any atom is 0.416 e. The Balaban J connectivity index is 1.81. The molecule has 0 aliphatic carbocycles. The molecule has 1 fully saturated rings. The summed E-state index contributed by atoms with van der Waals surface area (Å²) in [5, 5.41) is 0.659. The van der Waals surface area contributed by atoms with E-state index in [1.165, 1.54) is 13.0 Å². The molecule has 0 saturated carbocycles. The molecular formula is C24H26F5N5. The molecule has 4 rings (SSSR count). The highest BCUT2D eigenvalue weighted by Gasteiger charge is 2.35. The zero-order chi connectivity index (χ0) is 24.8. The number of benzene rings is 1. The minimum absolute atomic E-state index is 0.130. The van der Waals surface area contributed by atoms with Crippen molar-refractivity contribution in [1.29, 1.82) is 0 Å². The highest BCUT2D eigenvalue weighted by molar-refractivity contribution is 5.80. The summed E-state index contributed by atoms with van der Waals surface area (Å²) in [4.78, 5) is 15.6. The Morgan fingerprint density at radius 3 is 2.44 bits per heavy atom. The maximum absolute atomic E-state index is 13.6. The standard InChI is InChI=1S/C24H26F5N5/c1-14-17(6-5-7-19(14)24(27,28)29)15(2)31-22-18-12-21(34-10-8-23(25,26)9-11-34)30-13-20(18)33(4)16(3)32-22/h5-7,12-13,15H,8-11H2,1-4H3/b31-22-/t15-/m1/s1. The molecule has 0 bridgehead atoms. The van der Waals surface area contributed by atoms with Crippen molar-refractivity contribution in [2.45, 2.75) is 51.8 Å². The minimum atomic E-state index is -4.45. The van der Waals surface area contributed by atoms with Crippen molar-refractivity contribution in [2.75, 3.05) is 18.0 Å². The molecular weight excluding hydrogens is 453 g/mol. The van der Waals surface area contributed by atoms with Crippen molar-refractivity contribution < 1.29 is 22.0 Å². The van der Waals surface area contributed by atoms with Crippen molar-refractivity contribution in [1.82, 2.24) is 14.5 Å². The lowest BCUT2D eigenvalue weighted by Crippen LogP contribution is -2.39. The highest BCUT2D eigenvalue weighted by atomic mass is 19.4. The molecule has 0 radical (unpaired) electrons. The summed E-state index contributed by atoms with van der Waals surface area (Å²) in [5.41, 5.74) is 1.02. The molecule has 0 amide bonds. The van der Waals surface area contributed by atoms with Crippen LogP contribution in [0.3, 0.4) is 0 Å². The van der Waals surface area contributed by atoms with Crippen LogP contribution in [-0.4, -0.2) is 33.5 Å². The summed E-state index contributed by atoms with van der Waals surface area (Å²) in [6, 6.07) is 5.27. The van der Waals surface area contributed by atoms with Crippen LogP contribution in [0.4, 0.5) is 27.8 Å². The first-order valence-electron chi connectivity index (χ1n) is 11.0. The number of pyridine rings is 1. The van der Waals surface area contributed by atoms with Gasteiger partial charge in [-0.25, -0.2) is 18.7 Å². The predicted octanol–water partition coefficient (Wildman–Crippen LogP) is 5.50. The van der Waals surface area contributed by atoms with Crippen LogP contribution in [0.2, 0.25) is 0 Å². The molecule has 5 nitrogen and oxygen atoms in total. The Bertz CT molecular complexity index is 1290. The number of nitrogens with zero attached hydrogens (tertiary/aromatic N) is 5. The average molecular weight is 479 g/mol. The monoisotopic (exact) mass is 479 g/mol. The molecule has 1 atom stereocenters. The van der Waals surface area contributed by atoms with Gasteiger partial charge in [-0.05, 0) is 44.0 Å². The Morgan fingerprint density at radius 2 is 1.79 bits per heavy atom. The Morgan fingerprint density at radius 1 is 1.12 bits per heavy atom. The zero-order valence-electron chi connectivity index (χ0n) is 19.4. The van der Waals surface area contributed by atoms with Crippen LogP contribution in [-0.2, 0) is 13.2 Å². The van der Waals surface area contributed by atoms with E-state index in [9.17, 15) is 22.0 Å². The smallest absolute Gasteiger partial charge is 0.356 e. The Hall–Kier alpha value is -3.04. The summed E-state index contributed by atoms with van der Waals surface area (Å²) in [5.74, 6) is -1.46. The van der Waals surface area contributed by atoms with Gasteiger partial charge in [-0.1, -0.05) is 12.1 Å². The van der Waals surface area contributed by atoms with Crippen LogP contribution in [0, 0.1) is 13.8 Å². The second kappa shape index (κ2) is 8.63. The van der Waals surface area contributed by atoms with Crippen LogP contribution >= 0.6 is 0 Å². The van der Waals surface area contributed by atoms with E-state index in [-0.39, 0.29) is 31.5 Å². The van der Waals surface area contributed by atoms with Gasteiger partial charge in [-0.15, -0.1) is 0 Å². The lowest BCUT2D eigenvalue weighted by Gasteiger charge is -2.32. The molecule has 10 heteroatoms. The number of alkyl halides is 5. The number of piperidine rings is 1. The summed E-state index contributed by atoms with van der Waals surface area (Å²) in [7, 11) is 1.83. The lowest BCUT2D eigenvalue weighted by atomic mass is 9.97. The fraction of sp³-hybridized carbons (Fsp3) is 0.458. The van der Waals surface area contributed by atoms with Crippen molar-refractivity contribution in [3.63, 3.8) is 0 Å². The number of fused-ring (bicyclic) bond motifs is 1. The highest BCUT2D eigenvalue weighted by Crippen LogP contribution is 2.35. The van der Waals surface area contributed by atoms with Gasteiger partial charge < -0.3 is 9.47 Å². The van der Waals surface area contributed by atoms with E-state index in [0.717, 1.165) is 11.6 Å². The largest absolute Gasteiger partial charge is 0.416 e. The topological polar surface area (TPSA) is 46.3 Å². The minimum Gasteiger partial charge on any atom is -0.356 e. The first-order valence-corrected chi connectivity index (χ1v) is 11.0. The van der Waals surface area contributed by atoms with Gasteiger partial charge in [0.25, 0.3) is 5.92 Å². The zero-order valence-corrected chi connectivity index (χ0v) is 19.4. The summed E-state index contributed by atoms with van der Waals surface area (Å²) in [6.45, 7) is 5.35. The lowest BCUT2D eigenvalue weighted by molar-refractivity contribution is -0.138. The number of hydrogen-bond donors (Lipinski definition) is 0. The third-order valence-electron chi connectivity index (χ3n) is 6.49. The van der Waals surface area contributed by atoms with Crippen LogP contribution in [0.25, 0.3) is 10.9 Å². The van der Waals surface area contributed by atoms with E-state index in [2.05, 4.69) is 9.97 Å². The van der Waals surface area contributed by atoms with Crippen LogP contribution in [0.1, 0.15) is 48.3 Å². The van der Waals surface area contributed by atoms with Crippen molar-refractivity contribution in [3.8, 4) is 0 Å². The normalized spacial score (nSPS) is 17.9. The average Bonchev–Trinajstić information content (AvgIpc) is 2.76. The fourth-order valence-electron chi connectivity index (χ4n) is 4.35. The van der Waals surface area contributed by atoms with Gasteiger partial charge in [0.05, 0.1) is 23.3 Å². The van der Waals surface area contributed by atoms with Gasteiger partial charge in [0.15, 0.2) is 5.49 Å². The van der Waals surface area contributed by atoms with E-state index < -0.39 is 23.7 Å². The van der Waals surface area contributed by atoms with E-state index >= 15 is 0 Å².